The fourth-order valence-electron chi connectivity index (χ4n) is 3.06. The van der Waals surface area contributed by atoms with Crippen molar-refractivity contribution in [2.75, 3.05) is 7.11 Å². The average molecular weight is 372 g/mol. The number of benzene rings is 3. The molecule has 124 valence electrons. The summed E-state index contributed by atoms with van der Waals surface area (Å²) in [6, 6.07) is 16.1. The second kappa shape index (κ2) is 6.17. The monoisotopic (exact) mass is 371 g/mol. The molecule has 0 aliphatic rings. The van der Waals surface area contributed by atoms with Crippen LogP contribution in [0, 0.1) is 5.82 Å². The normalized spacial score (nSPS) is 11.2. The van der Waals surface area contributed by atoms with Crippen molar-refractivity contribution >= 4 is 45.0 Å². The van der Waals surface area contributed by atoms with Gasteiger partial charge in [0.1, 0.15) is 0 Å². The molecule has 0 aliphatic heterocycles. The summed E-state index contributed by atoms with van der Waals surface area (Å²) in [4.78, 5) is 4.56. The van der Waals surface area contributed by atoms with Crippen molar-refractivity contribution in [2.24, 2.45) is 0 Å². The second-order valence-corrected chi connectivity index (χ2v) is 6.39. The van der Waals surface area contributed by atoms with Crippen LogP contribution in [0.2, 0.25) is 10.0 Å². The zero-order valence-corrected chi connectivity index (χ0v) is 14.7. The summed E-state index contributed by atoms with van der Waals surface area (Å²) < 4.78 is 20.3. The molecule has 25 heavy (non-hydrogen) atoms. The van der Waals surface area contributed by atoms with Gasteiger partial charge in [-0.3, -0.25) is 0 Å². The van der Waals surface area contributed by atoms with Crippen LogP contribution in [0.15, 0.2) is 54.6 Å². The first-order valence-electron chi connectivity index (χ1n) is 7.61. The van der Waals surface area contributed by atoms with Crippen molar-refractivity contribution < 1.29 is 9.13 Å². The van der Waals surface area contributed by atoms with Gasteiger partial charge in [-0.05, 0) is 24.3 Å². The van der Waals surface area contributed by atoms with Crippen molar-refractivity contribution in [1.82, 2.24) is 4.98 Å². The molecule has 0 fully saturated rings. The molecular formula is C20H12Cl2FNO. The molecule has 0 atom stereocenters. The van der Waals surface area contributed by atoms with E-state index in [9.17, 15) is 0 Å². The fourth-order valence-corrected chi connectivity index (χ4v) is 3.51. The van der Waals surface area contributed by atoms with Gasteiger partial charge in [0.15, 0.2) is 11.6 Å². The summed E-state index contributed by atoms with van der Waals surface area (Å²) in [5, 5.41) is 2.13. The van der Waals surface area contributed by atoms with Gasteiger partial charge in [0.05, 0.1) is 23.2 Å². The minimum absolute atomic E-state index is 0.156. The van der Waals surface area contributed by atoms with E-state index < -0.39 is 5.82 Å². The number of pyridine rings is 1. The smallest absolute Gasteiger partial charge is 0.175 e. The first kappa shape index (κ1) is 16.1. The van der Waals surface area contributed by atoms with Crippen LogP contribution in [-0.4, -0.2) is 12.1 Å². The Kier molecular flexibility index (Phi) is 3.98. The molecule has 0 N–H and O–H groups in total. The Balaban J connectivity index is 2.29. The summed E-state index contributed by atoms with van der Waals surface area (Å²) in [6.07, 6.45) is 0. The van der Waals surface area contributed by atoms with E-state index in [1.54, 1.807) is 24.3 Å². The molecule has 0 amide bonds. The van der Waals surface area contributed by atoms with E-state index in [4.69, 9.17) is 27.9 Å². The minimum Gasteiger partial charge on any atom is -0.494 e. The largest absolute Gasteiger partial charge is 0.494 e. The molecule has 4 rings (SSSR count). The third-order valence-corrected chi connectivity index (χ3v) is 4.82. The third-order valence-electron chi connectivity index (χ3n) is 4.19. The molecule has 0 saturated heterocycles. The van der Waals surface area contributed by atoms with Crippen molar-refractivity contribution in [3.05, 3.63) is 70.5 Å². The van der Waals surface area contributed by atoms with Gasteiger partial charge in [0.25, 0.3) is 0 Å². The summed E-state index contributed by atoms with van der Waals surface area (Å²) in [6.45, 7) is 0. The van der Waals surface area contributed by atoms with Gasteiger partial charge in [0, 0.05) is 26.9 Å². The van der Waals surface area contributed by atoms with Crippen LogP contribution < -0.4 is 4.74 Å². The molecule has 5 heteroatoms. The highest BCUT2D eigenvalue weighted by atomic mass is 35.5. The highest BCUT2D eigenvalue weighted by Gasteiger charge is 2.20. The lowest BCUT2D eigenvalue weighted by atomic mass is 9.95. The number of aromatic nitrogens is 1. The lowest BCUT2D eigenvalue weighted by molar-refractivity contribution is 0.389. The van der Waals surface area contributed by atoms with Gasteiger partial charge in [-0.15, -0.1) is 0 Å². The topological polar surface area (TPSA) is 22.1 Å². The molecule has 0 aliphatic carbocycles. The summed E-state index contributed by atoms with van der Waals surface area (Å²) in [7, 11) is 1.44. The second-order valence-electron chi connectivity index (χ2n) is 5.58. The highest BCUT2D eigenvalue weighted by Crippen LogP contribution is 2.42. The standard InChI is InChI=1S/C20H12Cl2FNO/c1-25-16-10-9-15-18(19(16)23)17(11-5-2-3-7-13(11)21)12-6-4-8-14(22)20(12)24-15/h2-10H,1H3. The molecule has 0 bridgehead atoms. The van der Waals surface area contributed by atoms with Crippen LogP contribution >= 0.6 is 23.2 Å². The van der Waals surface area contributed by atoms with Gasteiger partial charge in [-0.1, -0.05) is 53.5 Å². The first-order valence-corrected chi connectivity index (χ1v) is 8.36. The lowest BCUT2D eigenvalue weighted by Crippen LogP contribution is -1.96. The van der Waals surface area contributed by atoms with Crippen molar-refractivity contribution in [1.29, 1.82) is 0 Å². The van der Waals surface area contributed by atoms with Gasteiger partial charge in [-0.25, -0.2) is 9.37 Å². The minimum atomic E-state index is -0.468. The first-order chi connectivity index (χ1) is 12.1. The number of fused-ring (bicyclic) bond motifs is 2. The summed E-state index contributed by atoms with van der Waals surface area (Å²) >= 11 is 12.8. The Morgan fingerprint density at radius 2 is 1.68 bits per heavy atom. The highest BCUT2D eigenvalue weighted by molar-refractivity contribution is 6.37. The molecule has 2 nitrogen and oxygen atoms in total. The van der Waals surface area contributed by atoms with Gasteiger partial charge < -0.3 is 4.74 Å². The fraction of sp³-hybridized carbons (Fsp3) is 0.0500. The molecule has 3 aromatic carbocycles. The molecular weight excluding hydrogens is 360 g/mol. The van der Waals surface area contributed by atoms with E-state index in [2.05, 4.69) is 4.98 Å². The van der Waals surface area contributed by atoms with E-state index in [-0.39, 0.29) is 5.75 Å². The van der Waals surface area contributed by atoms with Crippen LogP contribution in [0.3, 0.4) is 0 Å². The van der Waals surface area contributed by atoms with Gasteiger partial charge >= 0.3 is 0 Å². The number of nitrogens with zero attached hydrogens (tertiary/aromatic N) is 1. The summed E-state index contributed by atoms with van der Waals surface area (Å²) in [5.74, 6) is -0.312. The van der Waals surface area contributed by atoms with Crippen molar-refractivity contribution in [2.45, 2.75) is 0 Å². The van der Waals surface area contributed by atoms with E-state index in [1.807, 2.05) is 30.3 Å². The van der Waals surface area contributed by atoms with Crippen LogP contribution in [0.4, 0.5) is 4.39 Å². The van der Waals surface area contributed by atoms with E-state index in [1.165, 1.54) is 7.11 Å². The van der Waals surface area contributed by atoms with E-state index in [0.717, 1.165) is 10.9 Å². The number of rotatable bonds is 2. The van der Waals surface area contributed by atoms with Crippen LogP contribution in [0.25, 0.3) is 32.9 Å². The lowest BCUT2D eigenvalue weighted by Gasteiger charge is -2.15. The zero-order valence-electron chi connectivity index (χ0n) is 13.2. The number of para-hydroxylation sites is 1. The SMILES string of the molecule is COc1ccc2nc3c(Cl)cccc3c(-c3ccccc3Cl)c2c1F. The van der Waals surface area contributed by atoms with Gasteiger partial charge in [0.2, 0.25) is 0 Å². The van der Waals surface area contributed by atoms with Gasteiger partial charge in [-0.2, -0.15) is 0 Å². The van der Waals surface area contributed by atoms with Crippen LogP contribution in [-0.2, 0) is 0 Å². The Morgan fingerprint density at radius 3 is 2.44 bits per heavy atom. The maximum absolute atomic E-state index is 15.1. The van der Waals surface area contributed by atoms with Crippen LogP contribution in [0.1, 0.15) is 0 Å². The average Bonchev–Trinajstić information content (AvgIpc) is 2.62. The Morgan fingerprint density at radius 1 is 0.920 bits per heavy atom. The maximum Gasteiger partial charge on any atom is 0.175 e. The maximum atomic E-state index is 15.1. The molecule has 1 aromatic heterocycles. The number of hydrogen-bond acceptors (Lipinski definition) is 2. The quantitative estimate of drug-likeness (QED) is 0.374. The molecule has 1 heterocycles. The number of ether oxygens (including phenoxy) is 1. The van der Waals surface area contributed by atoms with E-state index in [0.29, 0.717) is 32.0 Å². The Bertz CT molecular complexity index is 1130. The molecule has 0 unspecified atom stereocenters. The Labute approximate surface area is 153 Å². The molecule has 4 aromatic rings. The van der Waals surface area contributed by atoms with Crippen molar-refractivity contribution in [3.63, 3.8) is 0 Å². The Hall–Kier alpha value is -2.36. The molecule has 0 radical (unpaired) electrons. The van der Waals surface area contributed by atoms with Crippen molar-refractivity contribution in [3.8, 4) is 16.9 Å². The molecule has 0 saturated carbocycles. The predicted molar refractivity (Wildman–Crippen MR) is 101 cm³/mol. The predicted octanol–water partition coefficient (Wildman–Crippen LogP) is 6.51. The molecule has 0 spiro atoms. The number of methoxy groups -OCH3 is 1. The third kappa shape index (κ3) is 2.51. The number of halogens is 3. The van der Waals surface area contributed by atoms with E-state index >= 15 is 4.39 Å². The summed E-state index contributed by atoms with van der Waals surface area (Å²) in [5.41, 5.74) is 2.48. The number of hydrogen-bond donors (Lipinski definition) is 0. The zero-order chi connectivity index (χ0) is 17.6. The van der Waals surface area contributed by atoms with Crippen LogP contribution in [0.5, 0.6) is 5.75 Å².